The topological polar surface area (TPSA) is 94.6 Å². The zero-order chi connectivity index (χ0) is 29.5. The molecule has 1 aliphatic heterocycles. The van der Waals surface area contributed by atoms with E-state index in [1.54, 1.807) is 0 Å². The van der Waals surface area contributed by atoms with Crippen molar-refractivity contribution in [3.63, 3.8) is 0 Å². The summed E-state index contributed by atoms with van der Waals surface area (Å²) in [6.45, 7) is 11.0. The number of aromatic nitrogens is 2. The summed E-state index contributed by atoms with van der Waals surface area (Å²) >= 11 is 0. The predicted molar refractivity (Wildman–Crippen MR) is 164 cm³/mol. The van der Waals surface area contributed by atoms with Crippen molar-refractivity contribution in [3.05, 3.63) is 82.0 Å². The number of nitrogens with zero attached hydrogens (tertiary/aromatic N) is 3. The molecule has 216 valence electrons. The van der Waals surface area contributed by atoms with Gasteiger partial charge in [0.25, 0.3) is 0 Å². The summed E-state index contributed by atoms with van der Waals surface area (Å²) in [7, 11) is 5.25. The molecule has 0 aliphatic carbocycles. The molecule has 2 heterocycles. The van der Waals surface area contributed by atoms with E-state index in [2.05, 4.69) is 58.6 Å². The first-order valence-electron chi connectivity index (χ1n) is 14.1. The van der Waals surface area contributed by atoms with Crippen LogP contribution in [0, 0.1) is 19.3 Å². The molecule has 5 rings (SSSR count). The van der Waals surface area contributed by atoms with Crippen molar-refractivity contribution in [3.8, 4) is 5.75 Å². The molecule has 0 saturated carbocycles. The van der Waals surface area contributed by atoms with E-state index in [-0.39, 0.29) is 11.9 Å². The van der Waals surface area contributed by atoms with Gasteiger partial charge < -0.3 is 20.5 Å². The number of anilines is 2. The number of nitrogens with one attached hydrogen (secondary N) is 1. The van der Waals surface area contributed by atoms with Gasteiger partial charge in [-0.2, -0.15) is 5.10 Å². The highest BCUT2D eigenvalue weighted by Gasteiger charge is 2.41. The number of esters is 1. The molecule has 41 heavy (non-hydrogen) atoms. The lowest BCUT2D eigenvalue weighted by Gasteiger charge is -2.34. The molecule has 8 heteroatoms. The second kappa shape index (κ2) is 11.1. The highest BCUT2D eigenvalue weighted by Crippen LogP contribution is 2.45. The Hall–Kier alpha value is -4.04. The maximum Gasteiger partial charge on any atom is 0.312 e. The number of benzene rings is 3. The molecule has 3 N–H and O–H groups in total. The van der Waals surface area contributed by atoms with E-state index in [0.29, 0.717) is 12.3 Å². The normalized spacial score (nSPS) is 14.7. The fourth-order valence-corrected chi connectivity index (χ4v) is 6.14. The number of hydrogen-bond acceptors (Lipinski definition) is 7. The van der Waals surface area contributed by atoms with Gasteiger partial charge >= 0.3 is 5.97 Å². The average Bonchev–Trinajstić information content (AvgIpc) is 3.18. The van der Waals surface area contributed by atoms with Gasteiger partial charge in [0.1, 0.15) is 12.4 Å². The first-order valence-corrected chi connectivity index (χ1v) is 14.1. The van der Waals surface area contributed by atoms with Crippen LogP contribution in [0.1, 0.15) is 53.1 Å². The quantitative estimate of drug-likeness (QED) is 0.228. The van der Waals surface area contributed by atoms with Gasteiger partial charge in [-0.05, 0) is 73.7 Å². The minimum Gasteiger partial charge on any atom is -0.492 e. The number of nitrogen functional groups attached to an aromatic ring is 1. The van der Waals surface area contributed by atoms with E-state index in [9.17, 15) is 4.79 Å². The Morgan fingerprint density at radius 2 is 1.98 bits per heavy atom. The molecule has 0 radical (unpaired) electrons. The van der Waals surface area contributed by atoms with Crippen LogP contribution in [-0.4, -0.2) is 48.0 Å². The van der Waals surface area contributed by atoms with Crippen molar-refractivity contribution in [1.29, 1.82) is 0 Å². The molecule has 8 nitrogen and oxygen atoms in total. The SMILES string of the molecule is CNc1ccc(C(c2ccc(C)c(CN3CCOc4cc5cn(C)nc5cc4C3)c2)C(C)(C)C(=O)OC)c(C)c1N. The third-order valence-electron chi connectivity index (χ3n) is 8.53. The second-order valence-electron chi connectivity index (χ2n) is 11.7. The first-order chi connectivity index (χ1) is 19.5. The smallest absolute Gasteiger partial charge is 0.312 e. The van der Waals surface area contributed by atoms with Crippen LogP contribution in [0.2, 0.25) is 0 Å². The zero-order valence-electron chi connectivity index (χ0n) is 25.2. The summed E-state index contributed by atoms with van der Waals surface area (Å²) in [6.07, 6.45) is 2.02. The molecule has 1 atom stereocenters. The Bertz CT molecular complexity index is 1610. The average molecular weight is 556 g/mol. The Balaban J connectivity index is 1.52. The number of ether oxygens (including phenoxy) is 2. The van der Waals surface area contributed by atoms with Crippen LogP contribution in [0.4, 0.5) is 11.4 Å². The number of aryl methyl sites for hydroxylation is 2. The molecule has 1 aliphatic rings. The first kappa shape index (κ1) is 28.5. The lowest BCUT2D eigenvalue weighted by molar-refractivity contribution is -0.151. The fourth-order valence-electron chi connectivity index (χ4n) is 6.14. The molecule has 0 spiro atoms. The van der Waals surface area contributed by atoms with Crippen molar-refractivity contribution >= 4 is 28.2 Å². The van der Waals surface area contributed by atoms with Gasteiger partial charge in [0.2, 0.25) is 0 Å². The van der Waals surface area contributed by atoms with Crippen LogP contribution in [0.25, 0.3) is 10.9 Å². The van der Waals surface area contributed by atoms with Crippen LogP contribution >= 0.6 is 0 Å². The van der Waals surface area contributed by atoms with E-state index in [4.69, 9.17) is 15.2 Å². The van der Waals surface area contributed by atoms with Crippen LogP contribution in [0.15, 0.2) is 48.7 Å². The summed E-state index contributed by atoms with van der Waals surface area (Å²) in [4.78, 5) is 15.6. The minimum absolute atomic E-state index is 0.256. The second-order valence-corrected chi connectivity index (χ2v) is 11.7. The van der Waals surface area contributed by atoms with Gasteiger partial charge in [-0.1, -0.05) is 24.3 Å². The molecule has 0 bridgehead atoms. The minimum atomic E-state index is -0.830. The molecule has 1 unspecified atom stereocenters. The summed E-state index contributed by atoms with van der Waals surface area (Å²) < 4.78 is 13.3. The molecule has 3 aromatic carbocycles. The molecule has 1 aromatic heterocycles. The lowest BCUT2D eigenvalue weighted by Crippen LogP contribution is -2.34. The summed E-state index contributed by atoms with van der Waals surface area (Å²) in [5.41, 5.74) is 14.8. The van der Waals surface area contributed by atoms with Crippen LogP contribution in [-0.2, 0) is 29.7 Å². The fraction of sp³-hybridized carbons (Fsp3) is 0.394. The summed E-state index contributed by atoms with van der Waals surface area (Å²) in [5, 5.41) is 8.84. The Morgan fingerprint density at radius 1 is 1.20 bits per heavy atom. The Kier molecular flexibility index (Phi) is 7.70. The highest BCUT2D eigenvalue weighted by atomic mass is 16.5. The third-order valence-corrected chi connectivity index (χ3v) is 8.53. The predicted octanol–water partition coefficient (Wildman–Crippen LogP) is 5.54. The van der Waals surface area contributed by atoms with Gasteiger partial charge in [0.05, 0.1) is 29.4 Å². The van der Waals surface area contributed by atoms with Crippen LogP contribution < -0.4 is 15.8 Å². The number of methoxy groups -OCH3 is 1. The van der Waals surface area contributed by atoms with E-state index >= 15 is 0 Å². The van der Waals surface area contributed by atoms with Crippen molar-refractivity contribution in [2.75, 3.05) is 38.4 Å². The highest BCUT2D eigenvalue weighted by molar-refractivity contribution is 5.81. The molecule has 0 fully saturated rings. The van der Waals surface area contributed by atoms with E-state index in [0.717, 1.165) is 64.2 Å². The van der Waals surface area contributed by atoms with Gasteiger partial charge in [-0.3, -0.25) is 14.4 Å². The summed E-state index contributed by atoms with van der Waals surface area (Å²) in [6, 6.07) is 14.8. The third kappa shape index (κ3) is 5.36. The Morgan fingerprint density at radius 3 is 2.71 bits per heavy atom. The number of hydrogen-bond donors (Lipinski definition) is 2. The zero-order valence-corrected chi connectivity index (χ0v) is 25.2. The van der Waals surface area contributed by atoms with Gasteiger partial charge in [0.15, 0.2) is 0 Å². The van der Waals surface area contributed by atoms with E-state index in [1.807, 2.05) is 51.8 Å². The van der Waals surface area contributed by atoms with Crippen LogP contribution in [0.3, 0.4) is 0 Å². The maximum atomic E-state index is 13.2. The molecule has 0 amide bonds. The molecule has 0 saturated heterocycles. The molecular formula is C33H41N5O3. The van der Waals surface area contributed by atoms with E-state index < -0.39 is 5.41 Å². The standard InChI is InChI=1S/C33H41N5O3/c1-20-8-9-22(30(33(3,4)32(39)40-7)26-10-11-27(35-5)31(34)21(26)2)14-23(20)18-38-12-13-41-29-16-24-17-37(6)36-28(24)15-25(29)19-38/h8-11,14-17,30,35H,12-13,18-19,34H2,1-7H3. The number of fused-ring (bicyclic) bond motifs is 2. The van der Waals surface area contributed by atoms with Gasteiger partial charge in [-0.25, -0.2) is 0 Å². The Labute approximate surface area is 242 Å². The number of carbonyl (C=O) groups is 1. The lowest BCUT2D eigenvalue weighted by atomic mass is 9.69. The van der Waals surface area contributed by atoms with Crippen molar-refractivity contribution in [2.24, 2.45) is 12.5 Å². The monoisotopic (exact) mass is 555 g/mol. The van der Waals surface area contributed by atoms with Crippen molar-refractivity contribution in [2.45, 2.75) is 46.7 Å². The van der Waals surface area contributed by atoms with Gasteiger partial charge in [-0.15, -0.1) is 0 Å². The van der Waals surface area contributed by atoms with Crippen molar-refractivity contribution in [1.82, 2.24) is 14.7 Å². The van der Waals surface area contributed by atoms with Gasteiger partial charge in [0, 0.05) is 56.8 Å². The number of rotatable bonds is 7. The summed E-state index contributed by atoms with van der Waals surface area (Å²) in [5.74, 6) is 0.409. The number of nitrogens with two attached hydrogens (primary N) is 1. The van der Waals surface area contributed by atoms with E-state index in [1.165, 1.54) is 18.2 Å². The maximum absolute atomic E-state index is 13.2. The molecule has 4 aromatic rings. The van der Waals surface area contributed by atoms with Crippen LogP contribution in [0.5, 0.6) is 5.75 Å². The van der Waals surface area contributed by atoms with Crippen molar-refractivity contribution < 1.29 is 14.3 Å². The number of carbonyl (C=O) groups excluding carboxylic acids is 1. The largest absolute Gasteiger partial charge is 0.492 e. The molecular weight excluding hydrogens is 514 g/mol.